The van der Waals surface area contributed by atoms with Crippen LogP contribution in [0.3, 0.4) is 0 Å². The number of nitrogens with one attached hydrogen (secondary N) is 1. The second kappa shape index (κ2) is 5.93. The second-order valence-electron chi connectivity index (χ2n) is 5.06. The normalized spacial score (nSPS) is 17.6. The van der Waals surface area contributed by atoms with Crippen LogP contribution in [0.2, 0.25) is 0 Å². The number of rotatable bonds is 3. The minimum Gasteiger partial charge on any atom is -0.310 e. The molecule has 0 spiro atoms. The lowest BCUT2D eigenvalue weighted by atomic mass is 10.1. The molecule has 1 unspecified atom stereocenters. The maximum absolute atomic E-state index is 13.8. The van der Waals surface area contributed by atoms with Crippen LogP contribution in [0, 0.1) is 11.7 Å². The Bertz CT molecular complexity index is 706. The van der Waals surface area contributed by atoms with Crippen molar-refractivity contribution in [2.24, 2.45) is 5.92 Å². The zero-order valence-electron chi connectivity index (χ0n) is 11.7. The molecule has 5 nitrogen and oxygen atoms in total. The molecule has 1 aromatic carbocycles. The Balaban J connectivity index is 1.72. The van der Waals surface area contributed by atoms with Crippen molar-refractivity contribution in [3.05, 3.63) is 54.5 Å². The van der Waals surface area contributed by atoms with Crippen molar-refractivity contribution < 1.29 is 14.0 Å². The number of carbonyl (C=O) groups excluding carboxylic acids is 2. The Morgan fingerprint density at radius 1 is 1.23 bits per heavy atom. The van der Waals surface area contributed by atoms with Gasteiger partial charge in [-0.1, -0.05) is 18.2 Å². The summed E-state index contributed by atoms with van der Waals surface area (Å²) in [6, 6.07) is 11.2. The molecule has 0 bridgehead atoms. The third-order valence-corrected chi connectivity index (χ3v) is 3.56. The highest BCUT2D eigenvalue weighted by atomic mass is 19.1. The van der Waals surface area contributed by atoms with Crippen LogP contribution in [-0.2, 0) is 9.59 Å². The van der Waals surface area contributed by atoms with Gasteiger partial charge in [0, 0.05) is 19.2 Å². The monoisotopic (exact) mass is 299 g/mol. The van der Waals surface area contributed by atoms with E-state index in [-0.39, 0.29) is 30.5 Å². The molecule has 1 N–H and O–H groups in total. The minimum absolute atomic E-state index is 0.0625. The summed E-state index contributed by atoms with van der Waals surface area (Å²) in [5.41, 5.74) is 0.209. The van der Waals surface area contributed by atoms with Crippen LogP contribution in [0.15, 0.2) is 48.7 Å². The van der Waals surface area contributed by atoms with Crippen LogP contribution < -0.4 is 10.2 Å². The van der Waals surface area contributed by atoms with E-state index in [0.29, 0.717) is 5.82 Å². The van der Waals surface area contributed by atoms with Crippen molar-refractivity contribution in [2.75, 3.05) is 16.8 Å². The number of carbonyl (C=O) groups is 2. The van der Waals surface area contributed by atoms with Gasteiger partial charge in [-0.3, -0.25) is 9.59 Å². The summed E-state index contributed by atoms with van der Waals surface area (Å²) in [5, 5.41) is 2.67. The van der Waals surface area contributed by atoms with Gasteiger partial charge in [-0.15, -0.1) is 0 Å². The standard InChI is InChI=1S/C16H14FN3O2/c17-12-5-1-2-6-13(12)20-10-11(9-15(20)21)16(22)19-14-7-3-4-8-18-14/h1-8,11H,9-10H2,(H,18,19,22). The molecule has 1 fully saturated rings. The van der Waals surface area contributed by atoms with Gasteiger partial charge in [-0.05, 0) is 24.3 Å². The maximum atomic E-state index is 13.8. The molecule has 6 heteroatoms. The zero-order valence-corrected chi connectivity index (χ0v) is 11.7. The summed E-state index contributed by atoms with van der Waals surface area (Å²) in [4.78, 5) is 29.6. The van der Waals surface area contributed by atoms with E-state index in [0.717, 1.165) is 0 Å². The van der Waals surface area contributed by atoms with Crippen molar-refractivity contribution in [1.29, 1.82) is 0 Å². The third kappa shape index (κ3) is 2.81. The number of benzene rings is 1. The molecule has 3 rings (SSSR count). The molecule has 1 atom stereocenters. The fourth-order valence-electron chi connectivity index (χ4n) is 2.45. The van der Waals surface area contributed by atoms with E-state index in [4.69, 9.17) is 0 Å². The molecule has 22 heavy (non-hydrogen) atoms. The second-order valence-corrected chi connectivity index (χ2v) is 5.06. The predicted molar refractivity (Wildman–Crippen MR) is 79.7 cm³/mol. The Hall–Kier alpha value is -2.76. The van der Waals surface area contributed by atoms with Gasteiger partial charge in [0.1, 0.15) is 11.6 Å². The molecule has 1 saturated heterocycles. The molecule has 0 saturated carbocycles. The van der Waals surface area contributed by atoms with Crippen LogP contribution >= 0.6 is 0 Å². The Kier molecular flexibility index (Phi) is 3.82. The van der Waals surface area contributed by atoms with E-state index in [2.05, 4.69) is 10.3 Å². The van der Waals surface area contributed by atoms with Crippen LogP contribution in [0.1, 0.15) is 6.42 Å². The Morgan fingerprint density at radius 2 is 2.00 bits per heavy atom. The van der Waals surface area contributed by atoms with Gasteiger partial charge >= 0.3 is 0 Å². The SMILES string of the molecule is O=C(Nc1ccccn1)C1CC(=O)N(c2ccccc2F)C1. The average molecular weight is 299 g/mol. The summed E-state index contributed by atoms with van der Waals surface area (Å²) >= 11 is 0. The number of hydrogen-bond acceptors (Lipinski definition) is 3. The lowest BCUT2D eigenvalue weighted by molar-refractivity contribution is -0.122. The summed E-state index contributed by atoms with van der Waals surface area (Å²) in [7, 11) is 0. The van der Waals surface area contributed by atoms with Crippen molar-refractivity contribution >= 4 is 23.3 Å². The minimum atomic E-state index is -0.519. The van der Waals surface area contributed by atoms with Gasteiger partial charge in [0.05, 0.1) is 11.6 Å². The summed E-state index contributed by atoms with van der Waals surface area (Å²) in [6.45, 7) is 0.165. The smallest absolute Gasteiger partial charge is 0.230 e. The largest absolute Gasteiger partial charge is 0.310 e. The number of nitrogens with zero attached hydrogens (tertiary/aromatic N) is 2. The number of aromatic nitrogens is 1. The van der Waals surface area contributed by atoms with Crippen molar-refractivity contribution in [3.8, 4) is 0 Å². The van der Waals surface area contributed by atoms with Crippen LogP contribution in [0.25, 0.3) is 0 Å². The number of amides is 2. The van der Waals surface area contributed by atoms with E-state index in [1.807, 2.05) is 0 Å². The van der Waals surface area contributed by atoms with Gasteiger partial charge in [-0.2, -0.15) is 0 Å². The summed E-state index contributed by atoms with van der Waals surface area (Å²) in [6.07, 6.45) is 1.63. The molecule has 2 heterocycles. The highest BCUT2D eigenvalue weighted by Crippen LogP contribution is 2.27. The van der Waals surface area contributed by atoms with Crippen molar-refractivity contribution in [3.63, 3.8) is 0 Å². The fourth-order valence-corrected chi connectivity index (χ4v) is 2.45. The lowest BCUT2D eigenvalue weighted by Crippen LogP contribution is -2.28. The first-order valence-corrected chi connectivity index (χ1v) is 6.92. The number of pyridine rings is 1. The third-order valence-electron chi connectivity index (χ3n) is 3.56. The molecule has 2 aromatic rings. The molecule has 1 aromatic heterocycles. The molecule has 2 amide bonds. The number of para-hydroxylation sites is 1. The van der Waals surface area contributed by atoms with E-state index < -0.39 is 11.7 Å². The molecule has 112 valence electrons. The molecule has 0 aliphatic carbocycles. The van der Waals surface area contributed by atoms with Crippen LogP contribution in [-0.4, -0.2) is 23.3 Å². The highest BCUT2D eigenvalue weighted by molar-refractivity contribution is 6.03. The van der Waals surface area contributed by atoms with E-state index in [9.17, 15) is 14.0 Å². The fraction of sp³-hybridized carbons (Fsp3) is 0.188. The quantitative estimate of drug-likeness (QED) is 0.945. The number of anilines is 2. The van der Waals surface area contributed by atoms with Crippen LogP contribution in [0.4, 0.5) is 15.9 Å². The topological polar surface area (TPSA) is 62.3 Å². The van der Waals surface area contributed by atoms with E-state index in [1.165, 1.54) is 17.0 Å². The summed E-state index contributed by atoms with van der Waals surface area (Å²) < 4.78 is 13.8. The Labute approximate surface area is 126 Å². The first-order chi connectivity index (χ1) is 10.6. The van der Waals surface area contributed by atoms with Crippen molar-refractivity contribution in [1.82, 2.24) is 4.98 Å². The van der Waals surface area contributed by atoms with E-state index in [1.54, 1.807) is 36.5 Å². The molecular formula is C16H14FN3O2. The lowest BCUT2D eigenvalue weighted by Gasteiger charge is -2.17. The van der Waals surface area contributed by atoms with Gasteiger partial charge in [0.2, 0.25) is 11.8 Å². The number of hydrogen-bond donors (Lipinski definition) is 1. The van der Waals surface area contributed by atoms with E-state index >= 15 is 0 Å². The van der Waals surface area contributed by atoms with Gasteiger partial charge in [0.25, 0.3) is 0 Å². The van der Waals surface area contributed by atoms with Gasteiger partial charge in [-0.25, -0.2) is 9.37 Å². The molecule has 0 radical (unpaired) electrons. The first-order valence-electron chi connectivity index (χ1n) is 6.92. The number of halogens is 1. The molecule has 1 aliphatic rings. The first kappa shape index (κ1) is 14.2. The highest BCUT2D eigenvalue weighted by Gasteiger charge is 2.36. The molecule has 1 aliphatic heterocycles. The maximum Gasteiger partial charge on any atom is 0.230 e. The van der Waals surface area contributed by atoms with Gasteiger partial charge in [0.15, 0.2) is 0 Å². The van der Waals surface area contributed by atoms with Crippen molar-refractivity contribution in [2.45, 2.75) is 6.42 Å². The summed E-state index contributed by atoms with van der Waals surface area (Å²) in [5.74, 6) is -1.10. The predicted octanol–water partition coefficient (Wildman–Crippen LogP) is 2.21. The Morgan fingerprint density at radius 3 is 2.73 bits per heavy atom. The van der Waals surface area contributed by atoms with Crippen LogP contribution in [0.5, 0.6) is 0 Å². The molecular weight excluding hydrogens is 285 g/mol. The zero-order chi connectivity index (χ0) is 15.5. The van der Waals surface area contributed by atoms with Gasteiger partial charge < -0.3 is 10.2 Å². The average Bonchev–Trinajstić information content (AvgIpc) is 2.91.